The van der Waals surface area contributed by atoms with Crippen LogP contribution in [0.1, 0.15) is 33.6 Å². The minimum Gasteiger partial charge on any atom is -0.490 e. The van der Waals surface area contributed by atoms with Gasteiger partial charge < -0.3 is 34.1 Å². The number of benzene rings is 1. The van der Waals surface area contributed by atoms with Crippen LogP contribution in [0.3, 0.4) is 0 Å². The first kappa shape index (κ1) is 22.3. The van der Waals surface area contributed by atoms with E-state index in [9.17, 15) is 14.9 Å². The van der Waals surface area contributed by atoms with Gasteiger partial charge in [-0.1, -0.05) is 0 Å². The predicted molar refractivity (Wildman–Crippen MR) is 122 cm³/mol. The van der Waals surface area contributed by atoms with E-state index >= 15 is 0 Å². The number of aryl methyl sites for hydroxylation is 1. The highest BCUT2D eigenvalue weighted by molar-refractivity contribution is 5.70. The van der Waals surface area contributed by atoms with Crippen LogP contribution in [0.15, 0.2) is 30.5 Å². The first-order valence-electron chi connectivity index (χ1n) is 11.5. The number of hydrogen-bond acceptors (Lipinski definition) is 8. The lowest BCUT2D eigenvalue weighted by Crippen LogP contribution is -2.50. The van der Waals surface area contributed by atoms with Crippen molar-refractivity contribution in [2.75, 3.05) is 24.6 Å². The van der Waals surface area contributed by atoms with Crippen LogP contribution in [-0.4, -0.2) is 69.0 Å². The van der Waals surface area contributed by atoms with Gasteiger partial charge in [0.15, 0.2) is 0 Å². The van der Waals surface area contributed by atoms with Gasteiger partial charge in [-0.05, 0) is 56.4 Å². The van der Waals surface area contributed by atoms with Gasteiger partial charge in [-0.2, -0.15) is 0 Å². The summed E-state index contributed by atoms with van der Waals surface area (Å²) in [6.07, 6.45) is 2.57. The lowest BCUT2D eigenvalue weighted by atomic mass is 10.2. The second kappa shape index (κ2) is 8.37. The van der Waals surface area contributed by atoms with E-state index in [2.05, 4.69) is 9.88 Å². The smallest absolute Gasteiger partial charge is 0.414 e. The van der Waals surface area contributed by atoms with Crippen molar-refractivity contribution in [1.29, 1.82) is 0 Å². The first-order chi connectivity index (χ1) is 16.2. The molecule has 5 rings (SSSR count). The van der Waals surface area contributed by atoms with Crippen molar-refractivity contribution in [2.24, 2.45) is 0 Å². The Bertz CT molecular complexity index is 1080. The molecule has 34 heavy (non-hydrogen) atoms. The fourth-order valence-corrected chi connectivity index (χ4v) is 4.79. The van der Waals surface area contributed by atoms with Gasteiger partial charge >= 0.3 is 17.9 Å². The van der Waals surface area contributed by atoms with Crippen LogP contribution in [0.2, 0.25) is 0 Å². The number of anilines is 1. The van der Waals surface area contributed by atoms with Crippen LogP contribution >= 0.6 is 0 Å². The summed E-state index contributed by atoms with van der Waals surface area (Å²) in [7, 11) is 0. The Morgan fingerprint density at radius 2 is 2.00 bits per heavy atom. The van der Waals surface area contributed by atoms with Crippen molar-refractivity contribution in [1.82, 2.24) is 14.5 Å². The lowest BCUT2D eigenvalue weighted by Gasteiger charge is -2.36. The normalized spacial score (nSPS) is 23.4. The second-order valence-electron chi connectivity index (χ2n) is 9.99. The van der Waals surface area contributed by atoms with Crippen molar-refractivity contribution in [3.05, 3.63) is 40.6 Å². The quantitative estimate of drug-likeness (QED) is 0.483. The zero-order valence-electron chi connectivity index (χ0n) is 19.5. The molecule has 0 aliphatic carbocycles. The average Bonchev–Trinajstić information content (AvgIpc) is 3.50. The molecule has 3 aliphatic rings. The summed E-state index contributed by atoms with van der Waals surface area (Å²) in [5.41, 5.74) is 0.613. The summed E-state index contributed by atoms with van der Waals surface area (Å²) in [4.78, 5) is 30.9. The Balaban J connectivity index is 1.13. The molecular weight excluding hydrogens is 442 g/mol. The number of imidazole rings is 1. The predicted octanol–water partition coefficient (Wildman–Crippen LogP) is 3.22. The largest absolute Gasteiger partial charge is 0.490 e. The van der Waals surface area contributed by atoms with Gasteiger partial charge in [-0.15, -0.1) is 0 Å². The zero-order valence-corrected chi connectivity index (χ0v) is 19.5. The Hall–Kier alpha value is -3.50. The van der Waals surface area contributed by atoms with Crippen LogP contribution in [0.25, 0.3) is 0 Å². The monoisotopic (exact) mass is 471 g/mol. The zero-order chi connectivity index (χ0) is 24.0. The molecule has 0 N–H and O–H groups in total. The standard InChI is InChI=1S/C23H29N5O6/c1-23(2,3)34-22(29)27-12-16-10-17(27)11-26(16)15-4-6-18(7-5-15)32-14-19-8-9-25-13-20(28(30)31)24-21(25)33-19/h4-7,13,16-17,19H,8-12,14H2,1-3H3/t16?,17?,19-/m0/s1. The minimum absolute atomic E-state index is 0.169. The molecular formula is C23H29N5O6. The molecule has 2 aromatic rings. The van der Waals surface area contributed by atoms with Crippen LogP contribution in [0.5, 0.6) is 11.8 Å². The van der Waals surface area contributed by atoms with E-state index < -0.39 is 10.5 Å². The molecule has 2 bridgehead atoms. The molecule has 3 aliphatic heterocycles. The Morgan fingerprint density at radius 1 is 1.24 bits per heavy atom. The third-order valence-electron chi connectivity index (χ3n) is 6.35. The number of rotatable bonds is 5. The number of amides is 1. The van der Waals surface area contributed by atoms with Crippen molar-refractivity contribution in [3.63, 3.8) is 0 Å². The number of carbonyl (C=O) groups excluding carboxylic acids is 1. The van der Waals surface area contributed by atoms with E-state index in [4.69, 9.17) is 14.2 Å². The van der Waals surface area contributed by atoms with Crippen LogP contribution in [0.4, 0.5) is 16.3 Å². The van der Waals surface area contributed by atoms with Crippen molar-refractivity contribution < 1.29 is 23.9 Å². The maximum absolute atomic E-state index is 12.5. The molecule has 2 fully saturated rings. The Kier molecular flexibility index (Phi) is 5.49. The number of nitro groups is 1. The fourth-order valence-electron chi connectivity index (χ4n) is 4.79. The maximum atomic E-state index is 12.5. The molecule has 0 spiro atoms. The minimum atomic E-state index is -0.525. The van der Waals surface area contributed by atoms with Gasteiger partial charge in [-0.3, -0.25) is 4.57 Å². The molecule has 4 heterocycles. The van der Waals surface area contributed by atoms with Crippen molar-refractivity contribution in [2.45, 2.75) is 63.9 Å². The third-order valence-corrected chi connectivity index (χ3v) is 6.35. The molecule has 11 heteroatoms. The summed E-state index contributed by atoms with van der Waals surface area (Å²) >= 11 is 0. The molecule has 0 saturated carbocycles. The Labute approximate surface area is 197 Å². The lowest BCUT2D eigenvalue weighted by molar-refractivity contribution is -0.389. The number of piperazine rings is 1. The molecule has 1 amide bonds. The maximum Gasteiger partial charge on any atom is 0.414 e. The molecule has 3 atom stereocenters. The number of ether oxygens (including phenoxy) is 3. The highest BCUT2D eigenvalue weighted by Crippen LogP contribution is 2.36. The highest BCUT2D eigenvalue weighted by Gasteiger charge is 2.46. The summed E-state index contributed by atoms with van der Waals surface area (Å²) in [5.74, 6) is 0.518. The number of nitrogens with zero attached hydrogens (tertiary/aromatic N) is 5. The SMILES string of the molecule is CC(C)(C)OC(=O)N1CC2CC1CN2c1ccc(OC[C@@H]2CCn3cc([N+](=O)[O-])nc3O2)cc1. The van der Waals surface area contributed by atoms with Gasteiger partial charge in [0.05, 0.1) is 6.04 Å². The third kappa shape index (κ3) is 4.46. The Morgan fingerprint density at radius 3 is 2.65 bits per heavy atom. The molecule has 2 saturated heterocycles. The molecule has 1 aromatic heterocycles. The van der Waals surface area contributed by atoms with Crippen LogP contribution in [0, 0.1) is 10.1 Å². The molecule has 2 unspecified atom stereocenters. The van der Waals surface area contributed by atoms with Gasteiger partial charge in [0, 0.05) is 42.8 Å². The highest BCUT2D eigenvalue weighted by atomic mass is 16.6. The van der Waals surface area contributed by atoms with E-state index in [0.29, 0.717) is 26.1 Å². The van der Waals surface area contributed by atoms with Gasteiger partial charge in [0.1, 0.15) is 30.3 Å². The van der Waals surface area contributed by atoms with E-state index in [1.54, 1.807) is 4.57 Å². The van der Waals surface area contributed by atoms with E-state index in [0.717, 1.165) is 24.4 Å². The first-order valence-corrected chi connectivity index (χ1v) is 11.5. The van der Waals surface area contributed by atoms with Crippen LogP contribution in [-0.2, 0) is 11.3 Å². The van der Waals surface area contributed by atoms with E-state index in [1.165, 1.54) is 6.20 Å². The van der Waals surface area contributed by atoms with Crippen molar-refractivity contribution in [3.8, 4) is 11.8 Å². The summed E-state index contributed by atoms with van der Waals surface area (Å²) in [5, 5.41) is 10.9. The van der Waals surface area contributed by atoms with Gasteiger partial charge in [0.25, 0.3) is 0 Å². The topological polar surface area (TPSA) is 112 Å². The number of hydrogen-bond donors (Lipinski definition) is 0. The molecule has 0 radical (unpaired) electrons. The number of fused-ring (bicyclic) bond motifs is 3. The molecule has 182 valence electrons. The summed E-state index contributed by atoms with van der Waals surface area (Å²) in [6.45, 7) is 8.05. The summed E-state index contributed by atoms with van der Waals surface area (Å²) in [6, 6.07) is 8.64. The van der Waals surface area contributed by atoms with E-state index in [-0.39, 0.29) is 36.1 Å². The fraction of sp³-hybridized carbons (Fsp3) is 0.565. The van der Waals surface area contributed by atoms with Gasteiger partial charge in [0.2, 0.25) is 0 Å². The average molecular weight is 472 g/mol. The van der Waals surface area contributed by atoms with E-state index in [1.807, 2.05) is 49.9 Å². The summed E-state index contributed by atoms with van der Waals surface area (Å²) < 4.78 is 18.9. The molecule has 11 nitrogen and oxygen atoms in total. The van der Waals surface area contributed by atoms with Crippen molar-refractivity contribution >= 4 is 17.6 Å². The molecule has 1 aromatic carbocycles. The number of aromatic nitrogens is 2. The number of carbonyl (C=O) groups is 1. The van der Waals surface area contributed by atoms with Gasteiger partial charge in [-0.25, -0.2) is 4.79 Å². The number of likely N-dealkylation sites (tertiary alicyclic amines) is 1. The second-order valence-corrected chi connectivity index (χ2v) is 9.99. The van der Waals surface area contributed by atoms with Crippen LogP contribution < -0.4 is 14.4 Å².